The average molecular weight is 402 g/mol. The summed E-state index contributed by atoms with van der Waals surface area (Å²) in [5.41, 5.74) is 4.88. The van der Waals surface area contributed by atoms with Crippen LogP contribution in [0, 0.1) is 0 Å². The zero-order valence-electron chi connectivity index (χ0n) is 16.8. The highest BCUT2D eigenvalue weighted by atomic mass is 32.2. The van der Waals surface area contributed by atoms with E-state index in [1.54, 1.807) is 24.3 Å². The van der Waals surface area contributed by atoms with Gasteiger partial charge in [0.05, 0.1) is 11.7 Å². The normalized spacial score (nSPS) is 14.6. The van der Waals surface area contributed by atoms with Crippen molar-refractivity contribution in [3.05, 3.63) is 64.7 Å². The second-order valence-electron chi connectivity index (χ2n) is 7.38. The van der Waals surface area contributed by atoms with Gasteiger partial charge in [-0.2, -0.15) is 12.7 Å². The lowest BCUT2D eigenvalue weighted by atomic mass is 10.0. The SMILES string of the molecule is C[C@@H](NC(=O)c1ccc(N(C)S(=O)(=O)N(C)C)cc1)c1ccc2c(c1)CCC2. The number of aryl methyl sites for hydroxylation is 2. The smallest absolute Gasteiger partial charge is 0.303 e. The fourth-order valence-electron chi connectivity index (χ4n) is 3.43. The minimum Gasteiger partial charge on any atom is -0.346 e. The number of nitrogens with one attached hydrogen (secondary N) is 1. The van der Waals surface area contributed by atoms with Gasteiger partial charge in [-0.3, -0.25) is 9.10 Å². The van der Waals surface area contributed by atoms with E-state index in [-0.39, 0.29) is 11.9 Å². The average Bonchev–Trinajstić information content (AvgIpc) is 3.15. The topological polar surface area (TPSA) is 69.7 Å². The first-order valence-corrected chi connectivity index (χ1v) is 10.8. The molecule has 28 heavy (non-hydrogen) atoms. The standard InChI is InChI=1S/C21H27N3O3S/c1-15(18-9-8-16-6-5-7-19(16)14-18)22-21(25)17-10-12-20(13-11-17)24(4)28(26,27)23(2)3/h8-15H,5-7H2,1-4H3,(H,22,25)/t15-/m1/s1. The molecule has 0 fully saturated rings. The zero-order chi connectivity index (χ0) is 20.5. The van der Waals surface area contributed by atoms with Crippen molar-refractivity contribution in [3.8, 4) is 0 Å². The number of amides is 1. The first-order valence-electron chi connectivity index (χ1n) is 9.39. The van der Waals surface area contributed by atoms with Crippen LogP contribution in [0.4, 0.5) is 5.69 Å². The Balaban J connectivity index is 1.69. The van der Waals surface area contributed by atoms with Crippen LogP contribution in [0.3, 0.4) is 0 Å². The molecule has 6 nitrogen and oxygen atoms in total. The van der Waals surface area contributed by atoms with Crippen LogP contribution in [0.1, 0.15) is 46.4 Å². The van der Waals surface area contributed by atoms with Gasteiger partial charge in [-0.15, -0.1) is 0 Å². The Bertz CT molecular complexity index is 969. The van der Waals surface area contributed by atoms with Gasteiger partial charge in [0.2, 0.25) is 0 Å². The van der Waals surface area contributed by atoms with Gasteiger partial charge in [0.25, 0.3) is 5.91 Å². The predicted molar refractivity (Wildman–Crippen MR) is 112 cm³/mol. The van der Waals surface area contributed by atoms with Crippen molar-refractivity contribution >= 4 is 21.8 Å². The van der Waals surface area contributed by atoms with Crippen LogP contribution in [-0.4, -0.2) is 39.8 Å². The molecule has 0 radical (unpaired) electrons. The largest absolute Gasteiger partial charge is 0.346 e. The van der Waals surface area contributed by atoms with E-state index in [0.29, 0.717) is 11.3 Å². The molecule has 2 aromatic rings. The summed E-state index contributed by atoms with van der Waals surface area (Å²) in [4.78, 5) is 12.6. The number of fused-ring (bicyclic) bond motifs is 1. The highest BCUT2D eigenvalue weighted by Gasteiger charge is 2.21. The maximum absolute atomic E-state index is 12.6. The zero-order valence-corrected chi connectivity index (χ0v) is 17.6. The molecule has 0 aliphatic heterocycles. The van der Waals surface area contributed by atoms with Gasteiger partial charge in [-0.25, -0.2) is 0 Å². The van der Waals surface area contributed by atoms with E-state index < -0.39 is 10.2 Å². The lowest BCUT2D eigenvalue weighted by Gasteiger charge is -2.23. The third-order valence-corrected chi connectivity index (χ3v) is 7.10. The number of carbonyl (C=O) groups excluding carboxylic acids is 1. The molecule has 0 saturated heterocycles. The Hall–Kier alpha value is -2.38. The number of benzene rings is 2. The number of anilines is 1. The van der Waals surface area contributed by atoms with Gasteiger partial charge in [0.15, 0.2) is 0 Å². The van der Waals surface area contributed by atoms with Crippen LogP contribution in [0.15, 0.2) is 42.5 Å². The van der Waals surface area contributed by atoms with Crippen molar-refractivity contribution in [2.24, 2.45) is 0 Å². The minimum atomic E-state index is -3.56. The van der Waals surface area contributed by atoms with E-state index in [2.05, 4.69) is 23.5 Å². The van der Waals surface area contributed by atoms with E-state index in [9.17, 15) is 13.2 Å². The first-order chi connectivity index (χ1) is 13.2. The van der Waals surface area contributed by atoms with Crippen LogP contribution < -0.4 is 9.62 Å². The monoisotopic (exact) mass is 401 g/mol. The molecule has 0 saturated carbocycles. The van der Waals surface area contributed by atoms with Crippen LogP contribution in [0.5, 0.6) is 0 Å². The Morgan fingerprint density at radius 2 is 1.64 bits per heavy atom. The van der Waals surface area contributed by atoms with Crippen LogP contribution in [0.2, 0.25) is 0 Å². The molecule has 0 bridgehead atoms. The minimum absolute atomic E-state index is 0.102. The Morgan fingerprint density at radius 1 is 1.00 bits per heavy atom. The molecule has 0 unspecified atom stereocenters. The van der Waals surface area contributed by atoms with Crippen molar-refractivity contribution in [3.63, 3.8) is 0 Å². The summed E-state index contributed by atoms with van der Waals surface area (Å²) >= 11 is 0. The van der Waals surface area contributed by atoms with Gasteiger partial charge >= 0.3 is 10.2 Å². The van der Waals surface area contributed by atoms with Gasteiger partial charge in [0.1, 0.15) is 0 Å². The molecule has 0 heterocycles. The summed E-state index contributed by atoms with van der Waals surface area (Å²) < 4.78 is 26.7. The fourth-order valence-corrected chi connectivity index (χ4v) is 4.30. The highest BCUT2D eigenvalue weighted by Crippen LogP contribution is 2.25. The molecule has 0 aromatic heterocycles. The number of nitrogens with zero attached hydrogens (tertiary/aromatic N) is 2. The van der Waals surface area contributed by atoms with E-state index in [0.717, 1.165) is 22.7 Å². The molecule has 2 aromatic carbocycles. The summed E-state index contributed by atoms with van der Waals surface area (Å²) in [6, 6.07) is 12.9. The van der Waals surface area contributed by atoms with E-state index >= 15 is 0 Å². The van der Waals surface area contributed by atoms with Gasteiger partial charge in [-0.1, -0.05) is 18.2 Å². The first kappa shape index (κ1) is 20.4. The molecular weight excluding hydrogens is 374 g/mol. The molecule has 1 aliphatic carbocycles. The third-order valence-electron chi connectivity index (χ3n) is 5.27. The maximum Gasteiger partial charge on any atom is 0.303 e. The third kappa shape index (κ3) is 4.05. The summed E-state index contributed by atoms with van der Waals surface area (Å²) in [5.74, 6) is -0.183. The molecule has 150 valence electrons. The lowest BCUT2D eigenvalue weighted by Crippen LogP contribution is -2.37. The Kier molecular flexibility index (Phi) is 5.76. The number of hydrogen-bond acceptors (Lipinski definition) is 3. The summed E-state index contributed by atoms with van der Waals surface area (Å²) in [6.45, 7) is 1.97. The molecule has 3 rings (SSSR count). The predicted octanol–water partition coefficient (Wildman–Crippen LogP) is 2.91. The Labute approximate surface area is 167 Å². The van der Waals surface area contributed by atoms with Crippen molar-refractivity contribution in [1.29, 1.82) is 0 Å². The molecule has 7 heteroatoms. The highest BCUT2D eigenvalue weighted by molar-refractivity contribution is 7.90. The molecule has 1 amide bonds. The van der Waals surface area contributed by atoms with Crippen molar-refractivity contribution in [2.75, 3.05) is 25.4 Å². The molecule has 1 aliphatic rings. The summed E-state index contributed by atoms with van der Waals surface area (Å²) in [6.07, 6.45) is 3.44. The second kappa shape index (κ2) is 7.93. The van der Waals surface area contributed by atoms with Gasteiger partial charge in [-0.05, 0) is 67.1 Å². The molecular formula is C21H27N3O3S. The van der Waals surface area contributed by atoms with Gasteiger partial charge in [0, 0.05) is 26.7 Å². The van der Waals surface area contributed by atoms with Crippen molar-refractivity contribution in [2.45, 2.75) is 32.2 Å². The Morgan fingerprint density at radius 3 is 2.29 bits per heavy atom. The van der Waals surface area contributed by atoms with E-state index in [4.69, 9.17) is 0 Å². The molecule has 0 spiro atoms. The van der Waals surface area contributed by atoms with Crippen LogP contribution >= 0.6 is 0 Å². The summed E-state index contributed by atoms with van der Waals surface area (Å²) in [7, 11) is 0.890. The fraction of sp³-hybridized carbons (Fsp3) is 0.381. The number of hydrogen-bond donors (Lipinski definition) is 1. The van der Waals surface area contributed by atoms with Crippen molar-refractivity contribution < 1.29 is 13.2 Å². The quantitative estimate of drug-likeness (QED) is 0.809. The van der Waals surface area contributed by atoms with E-state index in [1.807, 2.05) is 6.92 Å². The molecule has 1 atom stereocenters. The van der Waals surface area contributed by atoms with Crippen molar-refractivity contribution in [1.82, 2.24) is 9.62 Å². The lowest BCUT2D eigenvalue weighted by molar-refractivity contribution is 0.0940. The number of carbonyl (C=O) groups is 1. The van der Waals surface area contributed by atoms with Crippen LogP contribution in [-0.2, 0) is 23.1 Å². The van der Waals surface area contributed by atoms with E-state index in [1.165, 1.54) is 43.0 Å². The maximum atomic E-state index is 12.6. The second-order valence-corrected chi connectivity index (χ2v) is 9.56. The summed E-state index contributed by atoms with van der Waals surface area (Å²) in [5, 5.41) is 3.02. The van der Waals surface area contributed by atoms with Gasteiger partial charge < -0.3 is 5.32 Å². The molecule has 1 N–H and O–H groups in total. The number of rotatable bonds is 6. The van der Waals surface area contributed by atoms with Crippen LogP contribution in [0.25, 0.3) is 0 Å².